The van der Waals surface area contributed by atoms with Crippen LogP contribution in [-0.4, -0.2) is 93.5 Å². The SMILES string of the molecule is O=C(O)CC(O)(CC(=O)O)C(=O)O.[2H]C([2H])([2H])OCC1(N(C(=O)CC)c2ccccc2)CCN(C([2H])([2H])C([2H])([2H])c2cccs2)CC1. The molecule has 1 aromatic carbocycles. The number of hydrogen-bond acceptors (Lipinski definition) is 8. The van der Waals surface area contributed by atoms with Gasteiger partial charge < -0.3 is 35.0 Å². The summed E-state index contributed by atoms with van der Waals surface area (Å²) in [5.41, 5.74) is -3.13. The Morgan fingerprint density at radius 3 is 2.17 bits per heavy atom. The molecule has 12 heteroatoms. The van der Waals surface area contributed by atoms with E-state index in [1.165, 1.54) is 4.90 Å². The normalized spacial score (nSPS) is 18.6. The Morgan fingerprint density at radius 2 is 1.70 bits per heavy atom. The molecule has 0 unspecified atom stereocenters. The van der Waals surface area contributed by atoms with Crippen molar-refractivity contribution < 1.29 is 53.9 Å². The minimum absolute atomic E-state index is 0.128. The fourth-order valence-electron chi connectivity index (χ4n) is 4.22. The van der Waals surface area contributed by atoms with Gasteiger partial charge in [-0.05, 0) is 42.8 Å². The first-order chi connectivity index (χ1) is 21.6. The summed E-state index contributed by atoms with van der Waals surface area (Å²) in [5.74, 6) is -5.21. The topological polar surface area (TPSA) is 165 Å². The Bertz CT molecular complexity index is 1350. The van der Waals surface area contributed by atoms with Crippen LogP contribution in [0.3, 0.4) is 0 Å². The number of amides is 1. The molecule has 0 saturated carbocycles. The van der Waals surface area contributed by atoms with Crippen LogP contribution in [0.5, 0.6) is 0 Å². The Labute approximate surface area is 247 Å². The van der Waals surface area contributed by atoms with Crippen molar-refractivity contribution in [2.24, 2.45) is 0 Å². The summed E-state index contributed by atoms with van der Waals surface area (Å²) in [6.07, 6.45) is -3.87. The number of ether oxygens (including phenoxy) is 1. The summed E-state index contributed by atoms with van der Waals surface area (Å²) < 4.78 is 62.1. The van der Waals surface area contributed by atoms with E-state index in [0.717, 1.165) is 11.3 Å². The molecule has 11 nitrogen and oxygen atoms in total. The van der Waals surface area contributed by atoms with Crippen LogP contribution in [0.4, 0.5) is 5.69 Å². The van der Waals surface area contributed by atoms with Crippen LogP contribution >= 0.6 is 11.3 Å². The summed E-state index contributed by atoms with van der Waals surface area (Å²) in [4.78, 5) is 46.9. The first-order valence-electron chi connectivity index (χ1n) is 15.8. The van der Waals surface area contributed by atoms with E-state index in [-0.39, 0.29) is 44.9 Å². The molecule has 0 spiro atoms. The van der Waals surface area contributed by atoms with Crippen LogP contribution in [0.15, 0.2) is 47.8 Å². The third kappa shape index (κ3) is 9.40. The average molecular weight is 586 g/mol. The number of para-hydroxylation sites is 1. The lowest BCUT2D eigenvalue weighted by atomic mass is 9.85. The van der Waals surface area contributed by atoms with Crippen LogP contribution in [0, 0.1) is 0 Å². The van der Waals surface area contributed by atoms with Crippen LogP contribution in [0.2, 0.25) is 0 Å². The molecule has 2 heterocycles. The summed E-state index contributed by atoms with van der Waals surface area (Å²) >= 11 is 1.16. The van der Waals surface area contributed by atoms with E-state index in [2.05, 4.69) is 0 Å². The molecule has 0 aliphatic carbocycles. The number of nitrogens with zero attached hydrogens (tertiary/aromatic N) is 2. The maximum atomic E-state index is 13.1. The van der Waals surface area contributed by atoms with Gasteiger partial charge in [0.15, 0.2) is 5.60 Å². The Balaban J connectivity index is 0.000000500. The summed E-state index contributed by atoms with van der Waals surface area (Å²) in [5, 5.41) is 35.5. The Kier molecular flexibility index (Phi) is 9.04. The van der Waals surface area contributed by atoms with E-state index in [0.29, 0.717) is 10.6 Å². The second-order valence-electron chi connectivity index (χ2n) is 9.11. The number of rotatable bonds is 13. The number of benzene rings is 1. The second kappa shape index (κ2) is 15.5. The zero-order valence-corrected chi connectivity index (χ0v) is 22.7. The van der Waals surface area contributed by atoms with Gasteiger partial charge in [-0.2, -0.15) is 0 Å². The Hall–Kier alpha value is -3.32. The van der Waals surface area contributed by atoms with E-state index in [4.69, 9.17) is 34.8 Å². The van der Waals surface area contributed by atoms with E-state index >= 15 is 0 Å². The molecule has 2 aromatic rings. The predicted molar refractivity (Wildman–Crippen MR) is 150 cm³/mol. The molecule has 0 radical (unpaired) electrons. The van der Waals surface area contributed by atoms with E-state index in [1.807, 2.05) is 6.07 Å². The van der Waals surface area contributed by atoms with Gasteiger partial charge in [-0.3, -0.25) is 14.4 Å². The highest BCUT2D eigenvalue weighted by atomic mass is 32.1. The molecule has 1 amide bonds. The van der Waals surface area contributed by atoms with Crippen LogP contribution < -0.4 is 4.90 Å². The number of likely N-dealkylation sites (tertiary alicyclic amines) is 1. The minimum atomic E-state index is -2.74. The minimum Gasteiger partial charge on any atom is -0.481 e. The fourth-order valence-corrected chi connectivity index (χ4v) is 4.78. The number of carbonyl (C=O) groups excluding carboxylic acids is 1. The molecule has 40 heavy (non-hydrogen) atoms. The molecule has 0 bridgehead atoms. The van der Waals surface area contributed by atoms with Crippen molar-refractivity contribution in [2.75, 3.05) is 38.1 Å². The van der Waals surface area contributed by atoms with Gasteiger partial charge in [-0.15, -0.1) is 11.3 Å². The molecule has 3 rings (SSSR count). The second-order valence-corrected chi connectivity index (χ2v) is 10.1. The number of piperidine rings is 1. The van der Waals surface area contributed by atoms with Crippen molar-refractivity contribution in [1.29, 1.82) is 0 Å². The van der Waals surface area contributed by atoms with Gasteiger partial charge in [-0.25, -0.2) is 4.79 Å². The van der Waals surface area contributed by atoms with Gasteiger partial charge in [0, 0.05) is 49.1 Å². The number of aliphatic hydroxyl groups is 1. The summed E-state index contributed by atoms with van der Waals surface area (Å²) in [7, 11) is -2.65. The highest BCUT2D eigenvalue weighted by molar-refractivity contribution is 7.09. The van der Waals surface area contributed by atoms with Gasteiger partial charge >= 0.3 is 17.9 Å². The van der Waals surface area contributed by atoms with Gasteiger partial charge in [-0.1, -0.05) is 31.2 Å². The van der Waals surface area contributed by atoms with Crippen LogP contribution in [0.25, 0.3) is 0 Å². The van der Waals surface area contributed by atoms with Crippen LogP contribution in [-0.2, 0) is 30.3 Å². The molecule has 220 valence electrons. The van der Waals surface area contributed by atoms with Crippen molar-refractivity contribution in [3.05, 3.63) is 52.7 Å². The first-order valence-corrected chi connectivity index (χ1v) is 13.2. The van der Waals surface area contributed by atoms with E-state index < -0.39 is 61.8 Å². The lowest BCUT2D eigenvalue weighted by Crippen LogP contribution is -2.60. The molecular weight excluding hydrogens is 540 g/mol. The smallest absolute Gasteiger partial charge is 0.336 e. The standard InChI is InChI=1S/C22H30N2O2S.C6H8O7/c1-3-21(25)24(19-8-5-4-6-9-19)22(18-26-2)12-15-23(16-13-22)14-11-20-10-7-17-27-20;7-3(8)1-6(13,5(11)12)2-4(9)10/h4-10,17H,3,11-16,18H2,1-2H3;13H,1-2H2,(H,7,8)(H,9,10)(H,11,12)/i2D3,11D2,14D2;. The number of carbonyl (C=O) groups is 4. The molecule has 1 saturated heterocycles. The van der Waals surface area contributed by atoms with E-state index in [1.54, 1.807) is 53.6 Å². The molecule has 1 aliphatic rings. The Morgan fingerprint density at radius 1 is 1.07 bits per heavy atom. The number of aryl methyl sites for hydroxylation is 1. The van der Waals surface area contributed by atoms with Crippen molar-refractivity contribution in [2.45, 2.75) is 56.5 Å². The number of hydrogen-bond donors (Lipinski definition) is 4. The highest BCUT2D eigenvalue weighted by Crippen LogP contribution is 2.34. The summed E-state index contributed by atoms with van der Waals surface area (Å²) in [6.45, 7) is -0.551. The molecular formula is C28H38N2O9S. The van der Waals surface area contributed by atoms with Crippen molar-refractivity contribution in [3.63, 3.8) is 0 Å². The van der Waals surface area contributed by atoms with Crippen molar-refractivity contribution >= 4 is 40.8 Å². The van der Waals surface area contributed by atoms with Gasteiger partial charge in [0.05, 0.1) is 29.1 Å². The van der Waals surface area contributed by atoms with Crippen molar-refractivity contribution in [1.82, 2.24) is 4.90 Å². The van der Waals surface area contributed by atoms with Crippen molar-refractivity contribution in [3.8, 4) is 0 Å². The monoisotopic (exact) mass is 585 g/mol. The highest BCUT2D eigenvalue weighted by Gasteiger charge is 2.43. The van der Waals surface area contributed by atoms with Gasteiger partial charge in [0.1, 0.15) is 0 Å². The number of anilines is 1. The zero-order valence-electron chi connectivity index (χ0n) is 28.9. The third-order valence-corrected chi connectivity index (χ3v) is 7.00. The fraction of sp³-hybridized carbons (Fsp3) is 0.500. The number of aliphatic carboxylic acids is 3. The lowest BCUT2D eigenvalue weighted by molar-refractivity contribution is -0.170. The number of methoxy groups -OCH3 is 1. The van der Waals surface area contributed by atoms with Gasteiger partial charge in [0.2, 0.25) is 5.91 Å². The molecule has 0 atom stereocenters. The summed E-state index contributed by atoms with van der Waals surface area (Å²) in [6, 6.07) is 12.3. The first kappa shape index (κ1) is 23.4. The third-order valence-electron chi connectivity index (χ3n) is 6.22. The number of thiophene rings is 1. The number of carboxylic acids is 3. The molecule has 1 aromatic heterocycles. The number of carboxylic acid groups (broad SMARTS) is 3. The predicted octanol–water partition coefficient (Wildman–Crippen LogP) is 2.97. The van der Waals surface area contributed by atoms with Crippen LogP contribution in [0.1, 0.15) is 53.5 Å². The van der Waals surface area contributed by atoms with E-state index in [9.17, 15) is 19.2 Å². The lowest BCUT2D eigenvalue weighted by Gasteiger charge is -2.48. The van der Waals surface area contributed by atoms with Gasteiger partial charge in [0.25, 0.3) is 0 Å². The quantitative estimate of drug-likeness (QED) is 0.275. The molecule has 4 N–H and O–H groups in total. The largest absolute Gasteiger partial charge is 0.481 e. The average Bonchev–Trinajstić information content (AvgIpc) is 3.52. The molecule has 1 aliphatic heterocycles. The maximum absolute atomic E-state index is 13.1. The molecule has 1 fully saturated rings. The maximum Gasteiger partial charge on any atom is 0.336 e. The zero-order chi connectivity index (χ0) is 35.8.